The Balaban J connectivity index is 2.01. The molecule has 1 aliphatic heterocycles. The van der Waals surface area contributed by atoms with E-state index in [0.717, 1.165) is 5.56 Å². The number of carbonyl (C=O) groups is 2. The Morgan fingerprint density at radius 3 is 2.50 bits per heavy atom. The van der Waals surface area contributed by atoms with Crippen LogP contribution in [0.25, 0.3) is 0 Å². The molecule has 3 rings (SSSR count). The van der Waals surface area contributed by atoms with Crippen LogP contribution >= 0.6 is 11.6 Å². The molecule has 0 fully saturated rings. The molecule has 0 spiro atoms. The summed E-state index contributed by atoms with van der Waals surface area (Å²) < 4.78 is 6.09. The fraction of sp³-hybridized carbons (Fsp3) is 0.385. The monoisotopic (exact) mass is 454 g/mol. The zero-order valence-corrected chi connectivity index (χ0v) is 19.8. The number of hydrogen-bond donors (Lipinski definition) is 1. The van der Waals surface area contributed by atoms with Gasteiger partial charge in [0.15, 0.2) is 0 Å². The minimum Gasteiger partial charge on any atom is -0.490 e. The molecule has 0 unspecified atom stereocenters. The van der Waals surface area contributed by atoms with E-state index in [0.29, 0.717) is 29.2 Å². The van der Waals surface area contributed by atoms with Gasteiger partial charge in [0.1, 0.15) is 11.8 Å². The lowest BCUT2D eigenvalue weighted by molar-refractivity contribution is -0.127. The Kier molecular flexibility index (Phi) is 7.97. The van der Waals surface area contributed by atoms with Crippen molar-refractivity contribution in [3.05, 3.63) is 76.8 Å². The van der Waals surface area contributed by atoms with E-state index in [1.165, 1.54) is 4.90 Å². The second-order valence-corrected chi connectivity index (χ2v) is 9.02. The summed E-state index contributed by atoms with van der Waals surface area (Å²) >= 11 is 6.21. The highest BCUT2D eigenvalue weighted by atomic mass is 35.5. The van der Waals surface area contributed by atoms with Gasteiger partial charge in [-0.25, -0.2) is 0 Å². The van der Waals surface area contributed by atoms with E-state index in [-0.39, 0.29) is 29.9 Å². The van der Waals surface area contributed by atoms with E-state index in [4.69, 9.17) is 16.3 Å². The van der Waals surface area contributed by atoms with Gasteiger partial charge in [-0.05, 0) is 49.1 Å². The van der Waals surface area contributed by atoms with Crippen LogP contribution in [-0.2, 0) is 4.79 Å². The molecule has 3 atom stereocenters. The summed E-state index contributed by atoms with van der Waals surface area (Å²) in [7, 11) is 1.67. The molecule has 1 N–H and O–H groups in total. The van der Waals surface area contributed by atoms with Crippen LogP contribution < -0.4 is 10.1 Å². The maximum absolute atomic E-state index is 13.4. The van der Waals surface area contributed by atoms with Gasteiger partial charge >= 0.3 is 0 Å². The number of halogens is 1. The topological polar surface area (TPSA) is 58.6 Å². The third-order valence-electron chi connectivity index (χ3n) is 5.66. The molecule has 32 heavy (non-hydrogen) atoms. The summed E-state index contributed by atoms with van der Waals surface area (Å²) in [5, 5.41) is 3.78. The number of ether oxygens (including phenoxy) is 1. The molecule has 0 radical (unpaired) electrons. The Morgan fingerprint density at radius 2 is 1.78 bits per heavy atom. The molecular formula is C26H31ClN2O3. The first-order valence-corrected chi connectivity index (χ1v) is 11.4. The highest BCUT2D eigenvalue weighted by molar-refractivity contribution is 6.30. The van der Waals surface area contributed by atoms with E-state index in [2.05, 4.69) is 17.5 Å². The predicted molar refractivity (Wildman–Crippen MR) is 128 cm³/mol. The molecular weight excluding hydrogens is 424 g/mol. The van der Waals surface area contributed by atoms with Crippen molar-refractivity contribution in [3.63, 3.8) is 0 Å². The van der Waals surface area contributed by atoms with Gasteiger partial charge < -0.3 is 15.0 Å². The van der Waals surface area contributed by atoms with E-state index in [9.17, 15) is 9.59 Å². The summed E-state index contributed by atoms with van der Waals surface area (Å²) in [5.41, 5.74) is 1.38. The summed E-state index contributed by atoms with van der Waals surface area (Å²) in [6, 6.07) is 13.8. The van der Waals surface area contributed by atoms with E-state index in [1.807, 2.05) is 51.1 Å². The molecule has 1 aliphatic rings. The van der Waals surface area contributed by atoms with E-state index in [1.54, 1.807) is 25.2 Å². The number of likely N-dealkylation sites (N-methyl/N-ethyl adjacent to an activating group) is 1. The van der Waals surface area contributed by atoms with Crippen LogP contribution in [0.2, 0.25) is 5.02 Å². The molecule has 2 aromatic rings. The molecule has 0 saturated carbocycles. The number of nitrogens with zero attached hydrogens (tertiary/aromatic N) is 1. The van der Waals surface area contributed by atoms with Gasteiger partial charge in [-0.3, -0.25) is 9.59 Å². The number of nitrogens with one attached hydrogen (secondary N) is 1. The summed E-state index contributed by atoms with van der Waals surface area (Å²) in [4.78, 5) is 28.3. The maximum Gasteiger partial charge on any atom is 0.258 e. The van der Waals surface area contributed by atoms with Gasteiger partial charge in [0, 0.05) is 18.5 Å². The van der Waals surface area contributed by atoms with Crippen LogP contribution in [0.1, 0.15) is 55.6 Å². The van der Waals surface area contributed by atoms with Crippen LogP contribution in [0.15, 0.2) is 60.7 Å². The Labute approximate surface area is 195 Å². The van der Waals surface area contributed by atoms with E-state index >= 15 is 0 Å². The van der Waals surface area contributed by atoms with Gasteiger partial charge in [-0.2, -0.15) is 0 Å². The summed E-state index contributed by atoms with van der Waals surface area (Å²) in [6.45, 7) is 5.86. The zero-order chi connectivity index (χ0) is 23.3. The first-order valence-electron chi connectivity index (χ1n) is 11.0. The first-order chi connectivity index (χ1) is 15.3. The summed E-state index contributed by atoms with van der Waals surface area (Å²) in [6.07, 6.45) is 5.30. The molecule has 0 saturated heterocycles. The predicted octanol–water partition coefficient (Wildman–Crippen LogP) is 5.41. The number of carbonyl (C=O) groups excluding carboxylic acids is 2. The highest BCUT2D eigenvalue weighted by Crippen LogP contribution is 2.26. The zero-order valence-electron chi connectivity index (χ0n) is 19.0. The Morgan fingerprint density at radius 1 is 1.06 bits per heavy atom. The van der Waals surface area contributed by atoms with E-state index < -0.39 is 6.04 Å². The third kappa shape index (κ3) is 5.71. The fourth-order valence-corrected chi connectivity index (χ4v) is 4.23. The van der Waals surface area contributed by atoms with Crippen LogP contribution in [0.4, 0.5) is 0 Å². The van der Waals surface area contributed by atoms with Crippen molar-refractivity contribution in [3.8, 4) is 5.75 Å². The SMILES string of the molecule is CC(C)[C@H]1C(=O)N[C@H](c2cccc(Cl)c2)C/C=C/C[C@@H](C)Oc2ccccc2C(=O)N1C. The molecule has 1 heterocycles. The lowest BCUT2D eigenvalue weighted by Crippen LogP contribution is -2.51. The van der Waals surface area contributed by atoms with Crippen molar-refractivity contribution in [1.82, 2.24) is 10.2 Å². The molecule has 2 aromatic carbocycles. The fourth-order valence-electron chi connectivity index (χ4n) is 4.03. The van der Waals surface area contributed by atoms with Crippen molar-refractivity contribution < 1.29 is 14.3 Å². The quantitative estimate of drug-likeness (QED) is 0.617. The van der Waals surface area contributed by atoms with Crippen molar-refractivity contribution in [2.75, 3.05) is 7.05 Å². The van der Waals surface area contributed by atoms with Gasteiger partial charge in [0.05, 0.1) is 17.7 Å². The number of para-hydroxylation sites is 1. The normalized spacial score (nSPS) is 23.7. The Hall–Kier alpha value is -2.79. The minimum atomic E-state index is -0.637. The molecule has 170 valence electrons. The smallest absolute Gasteiger partial charge is 0.258 e. The lowest BCUT2D eigenvalue weighted by Gasteiger charge is -2.32. The number of fused-ring (bicyclic) bond motifs is 1. The lowest BCUT2D eigenvalue weighted by atomic mass is 9.98. The number of rotatable bonds is 2. The molecule has 0 aromatic heterocycles. The summed E-state index contributed by atoms with van der Waals surface area (Å²) in [5.74, 6) is 0.00745. The second kappa shape index (κ2) is 10.7. The van der Waals surface area contributed by atoms with Crippen molar-refractivity contribution in [2.24, 2.45) is 5.92 Å². The minimum absolute atomic E-state index is 0.0839. The number of hydrogen-bond acceptors (Lipinski definition) is 3. The molecule has 6 heteroatoms. The van der Waals surface area contributed by atoms with Gasteiger partial charge in [-0.15, -0.1) is 0 Å². The number of benzene rings is 2. The average molecular weight is 455 g/mol. The Bertz CT molecular complexity index is 989. The van der Waals surface area contributed by atoms with Gasteiger partial charge in [0.25, 0.3) is 5.91 Å². The standard InChI is InChI=1S/C26H31ClN2O3/c1-17(2)24-25(30)28-22(19-11-9-12-20(27)16-19)14-7-5-10-18(3)32-23-15-8-6-13-21(23)26(31)29(24)4/h5-9,11-13,15-18,22,24H,10,14H2,1-4H3,(H,28,30)/b7-5+/t18-,22+,24+/m1/s1. The van der Waals surface area contributed by atoms with Crippen molar-refractivity contribution in [2.45, 2.75) is 51.8 Å². The second-order valence-electron chi connectivity index (χ2n) is 8.59. The molecule has 5 nitrogen and oxygen atoms in total. The first kappa shape index (κ1) is 23.9. The van der Waals surface area contributed by atoms with Crippen LogP contribution in [0, 0.1) is 5.92 Å². The van der Waals surface area contributed by atoms with Crippen LogP contribution in [-0.4, -0.2) is 35.9 Å². The average Bonchev–Trinajstić information content (AvgIpc) is 2.75. The molecule has 2 amide bonds. The molecule has 0 aliphatic carbocycles. The van der Waals surface area contributed by atoms with Gasteiger partial charge in [-0.1, -0.05) is 61.9 Å². The maximum atomic E-state index is 13.4. The van der Waals surface area contributed by atoms with Crippen LogP contribution in [0.3, 0.4) is 0 Å². The number of amides is 2. The highest BCUT2D eigenvalue weighted by Gasteiger charge is 2.33. The van der Waals surface area contributed by atoms with Gasteiger partial charge in [0.2, 0.25) is 5.91 Å². The third-order valence-corrected chi connectivity index (χ3v) is 5.89. The largest absolute Gasteiger partial charge is 0.490 e. The van der Waals surface area contributed by atoms with Crippen molar-refractivity contribution >= 4 is 23.4 Å². The van der Waals surface area contributed by atoms with Crippen molar-refractivity contribution in [1.29, 1.82) is 0 Å². The van der Waals surface area contributed by atoms with Crippen LogP contribution in [0.5, 0.6) is 5.75 Å². The molecule has 0 bridgehead atoms.